The molecule has 0 amide bonds. The van der Waals surface area contributed by atoms with E-state index in [0.717, 1.165) is 11.3 Å². The molecule has 6 nitrogen and oxygen atoms in total. The number of rotatable bonds is 6. The van der Waals surface area contributed by atoms with Crippen LogP contribution in [0.1, 0.15) is 23.7 Å². The van der Waals surface area contributed by atoms with E-state index < -0.39 is 5.97 Å². The van der Waals surface area contributed by atoms with Gasteiger partial charge in [-0.25, -0.2) is 0 Å². The first kappa shape index (κ1) is 13.1. The van der Waals surface area contributed by atoms with Crippen molar-refractivity contribution in [3.8, 4) is 5.75 Å². The molecule has 2 rings (SSSR count). The van der Waals surface area contributed by atoms with E-state index in [1.807, 2.05) is 24.3 Å². The molecule has 1 aromatic carbocycles. The van der Waals surface area contributed by atoms with E-state index in [9.17, 15) is 4.79 Å². The highest BCUT2D eigenvalue weighted by Crippen LogP contribution is 2.15. The van der Waals surface area contributed by atoms with Crippen molar-refractivity contribution >= 4 is 5.97 Å². The Hall–Kier alpha value is -2.37. The molecule has 0 aliphatic heterocycles. The number of carboxylic acids is 1. The van der Waals surface area contributed by atoms with Gasteiger partial charge in [0, 0.05) is 12.8 Å². The summed E-state index contributed by atoms with van der Waals surface area (Å²) in [6.45, 7) is 0. The van der Waals surface area contributed by atoms with Crippen molar-refractivity contribution in [3.05, 3.63) is 41.5 Å². The summed E-state index contributed by atoms with van der Waals surface area (Å²) in [6.07, 6.45) is 0.759. The summed E-state index contributed by atoms with van der Waals surface area (Å²) in [4.78, 5) is 14.6. The van der Waals surface area contributed by atoms with Crippen LogP contribution in [0.25, 0.3) is 0 Å². The molecule has 2 aromatic rings. The van der Waals surface area contributed by atoms with Crippen molar-refractivity contribution in [1.29, 1.82) is 0 Å². The topological polar surface area (TPSA) is 85.5 Å². The van der Waals surface area contributed by atoms with Gasteiger partial charge in [-0.2, -0.15) is 4.98 Å². The highest BCUT2D eigenvalue weighted by atomic mass is 16.5. The normalized spacial score (nSPS) is 10.4. The average Bonchev–Trinajstić information content (AvgIpc) is 2.84. The van der Waals surface area contributed by atoms with E-state index in [1.54, 1.807) is 7.11 Å². The van der Waals surface area contributed by atoms with E-state index in [2.05, 4.69) is 10.1 Å². The van der Waals surface area contributed by atoms with Gasteiger partial charge in [0.25, 0.3) is 0 Å². The monoisotopic (exact) mass is 262 g/mol. The highest BCUT2D eigenvalue weighted by molar-refractivity contribution is 5.66. The van der Waals surface area contributed by atoms with Gasteiger partial charge in [-0.3, -0.25) is 4.79 Å². The van der Waals surface area contributed by atoms with Crippen molar-refractivity contribution in [3.63, 3.8) is 0 Å². The van der Waals surface area contributed by atoms with Crippen molar-refractivity contribution < 1.29 is 19.2 Å². The van der Waals surface area contributed by atoms with Crippen LogP contribution in [-0.4, -0.2) is 28.3 Å². The van der Waals surface area contributed by atoms with Crippen LogP contribution < -0.4 is 4.74 Å². The van der Waals surface area contributed by atoms with E-state index in [1.165, 1.54) is 0 Å². The molecule has 1 aromatic heterocycles. The zero-order valence-electron chi connectivity index (χ0n) is 10.5. The maximum absolute atomic E-state index is 10.4. The number of ether oxygens (including phenoxy) is 1. The van der Waals surface area contributed by atoms with Crippen LogP contribution >= 0.6 is 0 Å². The summed E-state index contributed by atoms with van der Waals surface area (Å²) < 4.78 is 10.1. The number of aromatic nitrogens is 2. The molecule has 0 radical (unpaired) electrons. The van der Waals surface area contributed by atoms with Crippen LogP contribution in [0.3, 0.4) is 0 Å². The van der Waals surface area contributed by atoms with Gasteiger partial charge in [-0.05, 0) is 17.7 Å². The van der Waals surface area contributed by atoms with Crippen molar-refractivity contribution in [2.75, 3.05) is 7.11 Å². The summed E-state index contributed by atoms with van der Waals surface area (Å²) in [7, 11) is 1.61. The van der Waals surface area contributed by atoms with Gasteiger partial charge >= 0.3 is 5.97 Å². The number of carbonyl (C=O) groups is 1. The molecule has 0 unspecified atom stereocenters. The molecule has 0 atom stereocenters. The van der Waals surface area contributed by atoms with Crippen molar-refractivity contribution in [2.24, 2.45) is 0 Å². The molecule has 0 spiro atoms. The summed E-state index contributed by atoms with van der Waals surface area (Å²) in [5, 5.41) is 12.4. The molecule has 1 heterocycles. The van der Waals surface area contributed by atoms with Gasteiger partial charge in [0.05, 0.1) is 13.5 Å². The fourth-order valence-corrected chi connectivity index (χ4v) is 1.64. The molecule has 6 heteroatoms. The Morgan fingerprint density at radius 1 is 1.47 bits per heavy atom. The molecule has 1 N–H and O–H groups in total. The minimum atomic E-state index is -0.882. The minimum absolute atomic E-state index is 0.0131. The maximum atomic E-state index is 10.4. The molecular formula is C13H14N2O4. The van der Waals surface area contributed by atoms with Crippen molar-refractivity contribution in [2.45, 2.75) is 19.3 Å². The first-order chi connectivity index (χ1) is 9.17. The third-order valence-electron chi connectivity index (χ3n) is 2.56. The van der Waals surface area contributed by atoms with Crippen molar-refractivity contribution in [1.82, 2.24) is 10.1 Å². The number of hydrogen-bond donors (Lipinski definition) is 1. The summed E-state index contributed by atoms with van der Waals surface area (Å²) in [6, 6.07) is 7.58. The number of aliphatic carboxylic acids is 1. The summed E-state index contributed by atoms with van der Waals surface area (Å²) in [5.74, 6) is 0.772. The highest BCUT2D eigenvalue weighted by Gasteiger charge is 2.09. The third kappa shape index (κ3) is 3.80. The Labute approximate surface area is 110 Å². The molecule has 0 bridgehead atoms. The predicted molar refractivity (Wildman–Crippen MR) is 66.1 cm³/mol. The van der Waals surface area contributed by atoms with Gasteiger partial charge in [-0.1, -0.05) is 17.3 Å². The molecule has 0 fully saturated rings. The molecule has 0 saturated carbocycles. The van der Waals surface area contributed by atoms with Gasteiger partial charge < -0.3 is 14.4 Å². The molecule has 0 saturated heterocycles. The molecular weight excluding hydrogens is 248 g/mol. The van der Waals surface area contributed by atoms with Crippen LogP contribution in [0.15, 0.2) is 28.8 Å². The lowest BCUT2D eigenvalue weighted by atomic mass is 10.1. The number of benzene rings is 1. The van der Waals surface area contributed by atoms with Crippen LogP contribution in [-0.2, 0) is 17.6 Å². The smallest absolute Gasteiger partial charge is 0.303 e. The molecule has 0 aliphatic carbocycles. The summed E-state index contributed by atoms with van der Waals surface area (Å²) >= 11 is 0. The van der Waals surface area contributed by atoms with E-state index in [4.69, 9.17) is 14.4 Å². The summed E-state index contributed by atoms with van der Waals surface area (Å²) in [5.41, 5.74) is 1.00. The van der Waals surface area contributed by atoms with Crippen LogP contribution in [0.5, 0.6) is 5.75 Å². The Balaban J connectivity index is 2.00. The minimum Gasteiger partial charge on any atom is -0.497 e. The van der Waals surface area contributed by atoms with Gasteiger partial charge in [0.2, 0.25) is 5.89 Å². The SMILES string of the molecule is COc1cccc(Cc2noc(CCC(=O)O)n2)c1. The second kappa shape index (κ2) is 5.99. The maximum Gasteiger partial charge on any atom is 0.303 e. The number of carboxylic acid groups (broad SMARTS) is 1. The lowest BCUT2D eigenvalue weighted by molar-refractivity contribution is -0.137. The third-order valence-corrected chi connectivity index (χ3v) is 2.56. The first-order valence-corrected chi connectivity index (χ1v) is 5.83. The lowest BCUT2D eigenvalue weighted by Gasteiger charge is -2.01. The second-order valence-electron chi connectivity index (χ2n) is 4.03. The van der Waals surface area contributed by atoms with Crippen LogP contribution in [0.4, 0.5) is 0 Å². The van der Waals surface area contributed by atoms with E-state index >= 15 is 0 Å². The van der Waals surface area contributed by atoms with E-state index in [-0.39, 0.29) is 12.8 Å². The Bertz CT molecular complexity index is 565. The second-order valence-corrected chi connectivity index (χ2v) is 4.03. The fourth-order valence-electron chi connectivity index (χ4n) is 1.64. The Morgan fingerprint density at radius 3 is 3.05 bits per heavy atom. The number of nitrogens with zero attached hydrogens (tertiary/aromatic N) is 2. The van der Waals surface area contributed by atoms with Crippen LogP contribution in [0.2, 0.25) is 0 Å². The zero-order chi connectivity index (χ0) is 13.7. The van der Waals surface area contributed by atoms with E-state index in [0.29, 0.717) is 18.1 Å². The first-order valence-electron chi connectivity index (χ1n) is 5.83. The molecule has 100 valence electrons. The Morgan fingerprint density at radius 2 is 2.32 bits per heavy atom. The molecule has 19 heavy (non-hydrogen) atoms. The Kier molecular flexibility index (Phi) is 4.12. The number of hydrogen-bond acceptors (Lipinski definition) is 5. The zero-order valence-corrected chi connectivity index (χ0v) is 10.5. The standard InChI is InChI=1S/C13H14N2O4/c1-18-10-4-2-3-9(7-10)8-11-14-12(19-15-11)5-6-13(16)17/h2-4,7H,5-6,8H2,1H3,(H,16,17). The molecule has 0 aliphatic rings. The van der Waals surface area contributed by atoms with Gasteiger partial charge in [0.1, 0.15) is 5.75 Å². The lowest BCUT2D eigenvalue weighted by Crippen LogP contribution is -1.98. The number of aryl methyl sites for hydroxylation is 1. The predicted octanol–water partition coefficient (Wildman–Crippen LogP) is 1.69. The number of methoxy groups -OCH3 is 1. The fraction of sp³-hybridized carbons (Fsp3) is 0.308. The largest absolute Gasteiger partial charge is 0.497 e. The quantitative estimate of drug-likeness (QED) is 0.852. The van der Waals surface area contributed by atoms with Gasteiger partial charge in [0.15, 0.2) is 5.82 Å². The van der Waals surface area contributed by atoms with Gasteiger partial charge in [-0.15, -0.1) is 0 Å². The van der Waals surface area contributed by atoms with Crippen LogP contribution in [0, 0.1) is 0 Å². The average molecular weight is 262 g/mol.